The first-order chi connectivity index (χ1) is 13.1. The van der Waals surface area contributed by atoms with Gasteiger partial charge in [-0.05, 0) is 33.1 Å². The molecule has 0 unspecified atom stereocenters. The van der Waals surface area contributed by atoms with Gasteiger partial charge in [0.1, 0.15) is 23.1 Å². The lowest BCUT2D eigenvalue weighted by Crippen LogP contribution is -2.51. The molecule has 0 aliphatic carbocycles. The summed E-state index contributed by atoms with van der Waals surface area (Å²) in [5.74, 6) is 1.66. The number of nitrogens with one attached hydrogen (secondary N) is 1. The number of hydrogen-bond acceptors (Lipinski definition) is 6. The molecule has 3 rings (SSSR count). The average molecular weight is 392 g/mol. The zero-order valence-corrected chi connectivity index (χ0v) is 17.1. The van der Waals surface area contributed by atoms with E-state index in [-0.39, 0.29) is 6.54 Å². The number of amides is 1. The summed E-state index contributed by atoms with van der Waals surface area (Å²) < 4.78 is 21.8. The normalized spacial score (nSPS) is 20.6. The minimum Gasteiger partial charge on any atom is -0.444 e. The number of likely N-dealkylation sites (tertiary alicyclic amines) is 1. The molecule has 2 atom stereocenters. The van der Waals surface area contributed by atoms with Crippen LogP contribution < -0.4 is 5.32 Å². The maximum Gasteiger partial charge on any atom is 0.410 e. The molecule has 0 spiro atoms. The first-order valence-corrected chi connectivity index (χ1v) is 9.70. The number of alkyl halides is 1. The summed E-state index contributed by atoms with van der Waals surface area (Å²) in [5.41, 5.74) is 0.206. The van der Waals surface area contributed by atoms with E-state index in [9.17, 15) is 9.18 Å². The molecule has 28 heavy (non-hydrogen) atoms. The van der Waals surface area contributed by atoms with Gasteiger partial charge >= 0.3 is 6.09 Å². The second kappa shape index (κ2) is 7.89. The molecule has 2 aromatic rings. The Morgan fingerprint density at radius 1 is 1.36 bits per heavy atom. The second-order valence-corrected chi connectivity index (χ2v) is 8.67. The largest absolute Gasteiger partial charge is 0.444 e. The number of carbonyl (C=O) groups is 1. The van der Waals surface area contributed by atoms with E-state index < -0.39 is 23.9 Å². The Morgan fingerprint density at radius 2 is 2.07 bits per heavy atom. The summed E-state index contributed by atoms with van der Waals surface area (Å²) in [4.78, 5) is 22.2. The zero-order chi connectivity index (χ0) is 20.5. The number of hydrogen-bond donors (Lipinski definition) is 1. The van der Waals surface area contributed by atoms with Gasteiger partial charge in [-0.2, -0.15) is 0 Å². The number of aromatic nitrogens is 4. The van der Waals surface area contributed by atoms with E-state index in [4.69, 9.17) is 4.74 Å². The number of piperidine rings is 1. The van der Waals surface area contributed by atoms with Crippen LogP contribution in [-0.4, -0.2) is 61.5 Å². The summed E-state index contributed by atoms with van der Waals surface area (Å²) >= 11 is 0. The molecule has 1 N–H and O–H groups in total. The van der Waals surface area contributed by atoms with Crippen LogP contribution in [0.25, 0.3) is 5.52 Å². The van der Waals surface area contributed by atoms with Gasteiger partial charge in [-0.3, -0.25) is 0 Å². The summed E-state index contributed by atoms with van der Waals surface area (Å²) in [6.07, 6.45) is 2.94. The Bertz CT molecular complexity index is 831. The minimum atomic E-state index is -1.24. The van der Waals surface area contributed by atoms with Crippen LogP contribution in [0.4, 0.5) is 15.1 Å². The van der Waals surface area contributed by atoms with E-state index >= 15 is 0 Å². The topological polar surface area (TPSA) is 84.7 Å². The van der Waals surface area contributed by atoms with Crippen LogP contribution in [0.15, 0.2) is 12.4 Å². The summed E-state index contributed by atoms with van der Waals surface area (Å²) in [6.45, 7) is 10.0. The van der Waals surface area contributed by atoms with Crippen LogP contribution in [0.2, 0.25) is 0 Å². The molecular weight excluding hydrogens is 363 g/mol. The fraction of sp³-hybridized carbons (Fsp3) is 0.684. The number of halogens is 1. The predicted molar refractivity (Wildman–Crippen MR) is 104 cm³/mol. The van der Waals surface area contributed by atoms with Crippen LogP contribution in [0.5, 0.6) is 0 Å². The number of anilines is 1. The third-order valence-electron chi connectivity index (χ3n) is 4.45. The maximum atomic E-state index is 14.7. The molecule has 9 heteroatoms. The van der Waals surface area contributed by atoms with Gasteiger partial charge in [0, 0.05) is 13.0 Å². The molecule has 1 saturated heterocycles. The highest BCUT2D eigenvalue weighted by molar-refractivity contribution is 5.68. The summed E-state index contributed by atoms with van der Waals surface area (Å²) in [7, 11) is 0. The van der Waals surface area contributed by atoms with Gasteiger partial charge in [-0.15, -0.1) is 5.10 Å². The van der Waals surface area contributed by atoms with E-state index in [0.717, 1.165) is 17.8 Å². The van der Waals surface area contributed by atoms with Crippen LogP contribution in [0.1, 0.15) is 46.9 Å². The smallest absolute Gasteiger partial charge is 0.410 e. The van der Waals surface area contributed by atoms with Crippen LogP contribution >= 0.6 is 0 Å². The van der Waals surface area contributed by atoms with Gasteiger partial charge < -0.3 is 15.0 Å². The van der Waals surface area contributed by atoms with E-state index in [1.165, 1.54) is 4.90 Å². The van der Waals surface area contributed by atoms with E-state index in [0.29, 0.717) is 24.8 Å². The minimum absolute atomic E-state index is 0.0154. The average Bonchev–Trinajstić information content (AvgIpc) is 2.97. The number of imidazole rings is 1. The van der Waals surface area contributed by atoms with Gasteiger partial charge in [0.2, 0.25) is 5.95 Å². The van der Waals surface area contributed by atoms with Crippen molar-refractivity contribution in [3.05, 3.63) is 18.2 Å². The Morgan fingerprint density at radius 3 is 2.71 bits per heavy atom. The van der Waals surface area contributed by atoms with Crippen molar-refractivity contribution in [2.75, 3.05) is 18.4 Å². The lowest BCUT2D eigenvalue weighted by atomic mass is 10.0. The Balaban J connectivity index is 1.65. The predicted octanol–water partition coefficient (Wildman–Crippen LogP) is 3.08. The Labute approximate surface area is 164 Å². The summed E-state index contributed by atoms with van der Waals surface area (Å²) in [5, 5.41) is 7.56. The van der Waals surface area contributed by atoms with Crippen molar-refractivity contribution in [1.82, 2.24) is 24.5 Å². The van der Waals surface area contributed by atoms with Crippen LogP contribution in [0.3, 0.4) is 0 Å². The van der Waals surface area contributed by atoms with Crippen molar-refractivity contribution in [1.29, 1.82) is 0 Å². The molecule has 0 aromatic carbocycles. The lowest BCUT2D eigenvalue weighted by molar-refractivity contribution is 0.0125. The molecular formula is C19H29FN6O2. The molecule has 0 radical (unpaired) electrons. The number of fused-ring (bicyclic) bond motifs is 1. The van der Waals surface area contributed by atoms with Crippen molar-refractivity contribution in [2.24, 2.45) is 5.92 Å². The molecule has 0 saturated carbocycles. The number of carbonyl (C=O) groups excluding carboxylic acids is 1. The molecule has 2 aromatic heterocycles. The second-order valence-electron chi connectivity index (χ2n) is 8.67. The first kappa shape index (κ1) is 20.3. The molecule has 1 aliphatic heterocycles. The molecule has 8 nitrogen and oxygen atoms in total. The van der Waals surface area contributed by atoms with Crippen molar-refractivity contribution in [3.63, 3.8) is 0 Å². The van der Waals surface area contributed by atoms with Gasteiger partial charge in [-0.1, -0.05) is 13.8 Å². The highest BCUT2D eigenvalue weighted by Crippen LogP contribution is 2.20. The standard InChI is InChI=1S/C19H29FN6O2/c1-12(2)8-16-21-9-13-10-22-17(24-26(13)16)23-15-6-7-25(11-14(15)20)18(27)28-19(3,4)5/h9-10,12,14-15H,6-8,11H2,1-5H3,(H,23,24)/t14-,15-/m1/s1. The third-order valence-corrected chi connectivity index (χ3v) is 4.45. The van der Waals surface area contributed by atoms with E-state index in [1.807, 2.05) is 0 Å². The highest BCUT2D eigenvalue weighted by Gasteiger charge is 2.34. The Hall–Kier alpha value is -2.45. The number of rotatable bonds is 4. The number of nitrogens with zero attached hydrogens (tertiary/aromatic N) is 5. The fourth-order valence-electron chi connectivity index (χ4n) is 3.15. The van der Waals surface area contributed by atoms with Crippen LogP contribution in [0, 0.1) is 5.92 Å². The molecule has 1 fully saturated rings. The third kappa shape index (κ3) is 4.88. The van der Waals surface area contributed by atoms with Gasteiger partial charge in [-0.25, -0.2) is 23.7 Å². The molecule has 1 aliphatic rings. The van der Waals surface area contributed by atoms with E-state index in [2.05, 4.69) is 34.2 Å². The quantitative estimate of drug-likeness (QED) is 0.861. The fourth-order valence-corrected chi connectivity index (χ4v) is 3.15. The van der Waals surface area contributed by atoms with E-state index in [1.54, 1.807) is 37.7 Å². The molecule has 1 amide bonds. The SMILES string of the molecule is CC(C)Cc1ncc2cnc(N[C@@H]3CCN(C(=O)OC(C)(C)C)C[C@H]3F)nn12. The van der Waals surface area contributed by atoms with Crippen molar-refractivity contribution < 1.29 is 13.9 Å². The van der Waals surface area contributed by atoms with Crippen molar-refractivity contribution >= 4 is 17.6 Å². The molecule has 3 heterocycles. The maximum absolute atomic E-state index is 14.7. The Kier molecular flexibility index (Phi) is 5.71. The summed E-state index contributed by atoms with van der Waals surface area (Å²) in [6, 6.07) is -0.465. The van der Waals surface area contributed by atoms with Crippen molar-refractivity contribution in [3.8, 4) is 0 Å². The highest BCUT2D eigenvalue weighted by atomic mass is 19.1. The molecule has 0 bridgehead atoms. The molecule has 154 valence electrons. The number of ether oxygens (including phenoxy) is 1. The zero-order valence-electron chi connectivity index (χ0n) is 17.1. The van der Waals surface area contributed by atoms with Gasteiger partial charge in [0.25, 0.3) is 0 Å². The lowest BCUT2D eigenvalue weighted by Gasteiger charge is -2.35. The van der Waals surface area contributed by atoms with Gasteiger partial charge in [0.05, 0.1) is 25.0 Å². The van der Waals surface area contributed by atoms with Crippen LogP contribution in [-0.2, 0) is 11.2 Å². The monoisotopic (exact) mass is 392 g/mol. The first-order valence-electron chi connectivity index (χ1n) is 9.70. The van der Waals surface area contributed by atoms with Gasteiger partial charge in [0.15, 0.2) is 0 Å². The van der Waals surface area contributed by atoms with Crippen molar-refractivity contribution in [2.45, 2.75) is 65.3 Å².